The zero-order valence-corrected chi connectivity index (χ0v) is 12.9. The van der Waals surface area contributed by atoms with Crippen LogP contribution in [0.5, 0.6) is 0 Å². The van der Waals surface area contributed by atoms with Gasteiger partial charge >= 0.3 is 0 Å². The summed E-state index contributed by atoms with van der Waals surface area (Å²) in [5, 5.41) is 6.34. The summed E-state index contributed by atoms with van der Waals surface area (Å²) >= 11 is 1.57. The number of thiazole rings is 1. The maximum absolute atomic E-state index is 13.3. The number of halogens is 1. The fraction of sp³-hybridized carbons (Fsp3) is 0.400. The Morgan fingerprint density at radius 1 is 1.45 bits per heavy atom. The lowest BCUT2D eigenvalue weighted by Crippen LogP contribution is -2.19. The van der Waals surface area contributed by atoms with Crippen LogP contribution in [-0.2, 0) is 0 Å². The minimum atomic E-state index is -0.232. The highest BCUT2D eigenvalue weighted by molar-refractivity contribution is 7.13. The van der Waals surface area contributed by atoms with Crippen molar-refractivity contribution in [2.75, 3.05) is 18.5 Å². The summed E-state index contributed by atoms with van der Waals surface area (Å²) in [6.07, 6.45) is 1.10. The van der Waals surface area contributed by atoms with Gasteiger partial charge in [0.05, 0.1) is 5.69 Å². The van der Waals surface area contributed by atoms with Gasteiger partial charge in [-0.3, -0.25) is 0 Å². The molecule has 20 heavy (non-hydrogen) atoms. The number of nitrogens with zero attached hydrogens (tertiary/aromatic N) is 2. The minimum absolute atomic E-state index is 0.232. The van der Waals surface area contributed by atoms with Crippen molar-refractivity contribution in [2.45, 2.75) is 26.3 Å². The van der Waals surface area contributed by atoms with E-state index >= 15 is 0 Å². The standard InChI is InChI=1S/C15H20FN3S/c1-4-8-17-11(2)14-10-20-15(18-14)19(3)13-7-5-6-12(16)9-13/h5-7,9-11,17H,4,8H2,1-3H3. The third kappa shape index (κ3) is 3.55. The Kier molecular flexibility index (Phi) is 5.09. The van der Waals surface area contributed by atoms with Crippen molar-refractivity contribution in [1.82, 2.24) is 10.3 Å². The molecule has 1 aromatic heterocycles. The van der Waals surface area contributed by atoms with Crippen molar-refractivity contribution in [1.29, 1.82) is 0 Å². The van der Waals surface area contributed by atoms with Crippen LogP contribution in [0.15, 0.2) is 29.6 Å². The zero-order valence-electron chi connectivity index (χ0n) is 12.1. The van der Waals surface area contributed by atoms with Gasteiger partial charge in [-0.1, -0.05) is 13.0 Å². The average molecular weight is 293 g/mol. The van der Waals surface area contributed by atoms with Crippen LogP contribution in [-0.4, -0.2) is 18.6 Å². The van der Waals surface area contributed by atoms with Gasteiger partial charge in [-0.05, 0) is 38.1 Å². The van der Waals surface area contributed by atoms with Crippen molar-refractivity contribution >= 4 is 22.2 Å². The molecule has 0 saturated heterocycles. The molecule has 2 aromatic rings. The van der Waals surface area contributed by atoms with E-state index in [4.69, 9.17) is 0 Å². The average Bonchev–Trinajstić information content (AvgIpc) is 2.93. The highest BCUT2D eigenvalue weighted by Gasteiger charge is 2.13. The molecular weight excluding hydrogens is 273 g/mol. The third-order valence-electron chi connectivity index (χ3n) is 3.14. The van der Waals surface area contributed by atoms with Crippen LogP contribution in [0, 0.1) is 5.82 Å². The van der Waals surface area contributed by atoms with Crippen LogP contribution >= 0.6 is 11.3 Å². The molecule has 0 bridgehead atoms. The van der Waals surface area contributed by atoms with E-state index in [9.17, 15) is 4.39 Å². The molecule has 1 atom stereocenters. The molecule has 1 heterocycles. The fourth-order valence-corrected chi connectivity index (χ4v) is 2.79. The summed E-state index contributed by atoms with van der Waals surface area (Å²) in [6.45, 7) is 5.23. The molecular formula is C15H20FN3S. The van der Waals surface area contributed by atoms with E-state index in [0.29, 0.717) is 0 Å². The summed E-state index contributed by atoms with van der Waals surface area (Å²) in [6, 6.07) is 6.78. The van der Waals surface area contributed by atoms with Crippen molar-refractivity contribution in [3.05, 3.63) is 41.2 Å². The second-order valence-electron chi connectivity index (χ2n) is 4.77. The quantitative estimate of drug-likeness (QED) is 0.868. The molecule has 1 N–H and O–H groups in total. The number of hydrogen-bond donors (Lipinski definition) is 1. The summed E-state index contributed by atoms with van der Waals surface area (Å²) in [5.41, 5.74) is 1.83. The van der Waals surface area contributed by atoms with Gasteiger partial charge in [-0.15, -0.1) is 11.3 Å². The summed E-state index contributed by atoms with van der Waals surface area (Å²) < 4.78 is 13.3. The molecule has 0 saturated carbocycles. The molecule has 1 unspecified atom stereocenters. The van der Waals surface area contributed by atoms with Crippen LogP contribution < -0.4 is 10.2 Å². The third-order valence-corrected chi connectivity index (χ3v) is 4.07. The van der Waals surface area contributed by atoms with Crippen molar-refractivity contribution in [3.8, 4) is 0 Å². The number of rotatable bonds is 6. The van der Waals surface area contributed by atoms with Crippen LogP contribution in [0.2, 0.25) is 0 Å². The Morgan fingerprint density at radius 3 is 2.95 bits per heavy atom. The summed E-state index contributed by atoms with van der Waals surface area (Å²) in [4.78, 5) is 6.54. The summed E-state index contributed by atoms with van der Waals surface area (Å²) in [5.74, 6) is -0.232. The lowest BCUT2D eigenvalue weighted by Gasteiger charge is -2.16. The normalized spacial score (nSPS) is 12.4. The van der Waals surface area contributed by atoms with Gasteiger partial charge in [-0.25, -0.2) is 9.37 Å². The van der Waals surface area contributed by atoms with Crippen LogP contribution in [0.3, 0.4) is 0 Å². The molecule has 0 aliphatic heterocycles. The van der Waals surface area contributed by atoms with E-state index in [2.05, 4.69) is 29.5 Å². The van der Waals surface area contributed by atoms with E-state index in [0.717, 1.165) is 29.5 Å². The van der Waals surface area contributed by atoms with Gasteiger partial charge < -0.3 is 10.2 Å². The molecule has 0 amide bonds. The largest absolute Gasteiger partial charge is 0.321 e. The Balaban J connectivity index is 2.12. The van der Waals surface area contributed by atoms with Crippen molar-refractivity contribution < 1.29 is 4.39 Å². The molecule has 5 heteroatoms. The lowest BCUT2D eigenvalue weighted by molar-refractivity contribution is 0.561. The Bertz CT molecular complexity index is 556. The molecule has 3 nitrogen and oxygen atoms in total. The number of aromatic nitrogens is 1. The fourth-order valence-electron chi connectivity index (χ4n) is 1.89. The van der Waals surface area contributed by atoms with Gasteiger partial charge in [0.25, 0.3) is 0 Å². The maximum atomic E-state index is 13.3. The molecule has 0 aliphatic rings. The van der Waals surface area contributed by atoms with Gasteiger partial charge in [0.15, 0.2) is 5.13 Å². The number of benzene rings is 1. The van der Waals surface area contributed by atoms with E-state index < -0.39 is 0 Å². The zero-order chi connectivity index (χ0) is 14.5. The first-order valence-electron chi connectivity index (χ1n) is 6.80. The molecule has 0 radical (unpaired) electrons. The molecule has 1 aromatic carbocycles. The second-order valence-corrected chi connectivity index (χ2v) is 5.61. The first-order valence-corrected chi connectivity index (χ1v) is 7.68. The molecule has 0 spiro atoms. The van der Waals surface area contributed by atoms with E-state index in [1.165, 1.54) is 12.1 Å². The van der Waals surface area contributed by atoms with E-state index in [1.54, 1.807) is 17.4 Å². The van der Waals surface area contributed by atoms with Gasteiger partial charge in [0, 0.05) is 24.2 Å². The maximum Gasteiger partial charge on any atom is 0.189 e. The topological polar surface area (TPSA) is 28.2 Å². The molecule has 0 fully saturated rings. The molecule has 108 valence electrons. The van der Waals surface area contributed by atoms with E-state index in [-0.39, 0.29) is 11.9 Å². The predicted molar refractivity (Wildman–Crippen MR) is 83.3 cm³/mol. The van der Waals surface area contributed by atoms with Crippen LogP contribution in [0.1, 0.15) is 32.0 Å². The first-order chi connectivity index (χ1) is 9.61. The SMILES string of the molecule is CCCNC(C)c1csc(N(C)c2cccc(F)c2)n1. The predicted octanol–water partition coefficient (Wildman–Crippen LogP) is 4.11. The van der Waals surface area contributed by atoms with Crippen molar-refractivity contribution in [3.63, 3.8) is 0 Å². The summed E-state index contributed by atoms with van der Waals surface area (Å²) in [7, 11) is 1.90. The van der Waals surface area contributed by atoms with Gasteiger partial charge in [-0.2, -0.15) is 0 Å². The molecule has 2 rings (SSSR count). The smallest absolute Gasteiger partial charge is 0.189 e. The highest BCUT2D eigenvalue weighted by atomic mass is 32.1. The number of anilines is 2. The van der Waals surface area contributed by atoms with Gasteiger partial charge in [0.2, 0.25) is 0 Å². The number of hydrogen-bond acceptors (Lipinski definition) is 4. The Morgan fingerprint density at radius 2 is 2.25 bits per heavy atom. The van der Waals surface area contributed by atoms with Crippen LogP contribution in [0.4, 0.5) is 15.2 Å². The highest BCUT2D eigenvalue weighted by Crippen LogP contribution is 2.29. The first kappa shape index (κ1) is 14.9. The molecule has 0 aliphatic carbocycles. The monoisotopic (exact) mass is 293 g/mol. The number of nitrogens with one attached hydrogen (secondary N) is 1. The minimum Gasteiger partial charge on any atom is -0.321 e. The van der Waals surface area contributed by atoms with E-state index in [1.807, 2.05) is 18.0 Å². The van der Waals surface area contributed by atoms with Gasteiger partial charge in [0.1, 0.15) is 5.82 Å². The van der Waals surface area contributed by atoms with Crippen molar-refractivity contribution in [2.24, 2.45) is 0 Å². The Labute approximate surface area is 123 Å². The Hall–Kier alpha value is -1.46. The van der Waals surface area contributed by atoms with Crippen LogP contribution in [0.25, 0.3) is 0 Å². The lowest BCUT2D eigenvalue weighted by atomic mass is 10.2. The second kappa shape index (κ2) is 6.81.